The van der Waals surface area contributed by atoms with E-state index in [1.165, 1.54) is 25.7 Å². The number of hydrogen-bond acceptors (Lipinski definition) is 1. The van der Waals surface area contributed by atoms with Crippen LogP contribution in [0.4, 0.5) is 0 Å². The van der Waals surface area contributed by atoms with Gasteiger partial charge in [0.15, 0.2) is 0 Å². The number of nitrogens with one attached hydrogen (secondary N) is 2. The molecule has 2 fully saturated rings. The van der Waals surface area contributed by atoms with E-state index in [2.05, 4.69) is 5.32 Å². The second kappa shape index (κ2) is 3.44. The maximum atomic E-state index is 7.61. The van der Waals surface area contributed by atoms with Crippen molar-refractivity contribution in [2.45, 2.75) is 25.7 Å². The molecular weight excluding hydrogens is 160 g/mol. The average Bonchev–Trinajstić information content (AvgIpc) is 2.36. The molecule has 2 rings (SSSR count). The van der Waals surface area contributed by atoms with E-state index in [0.29, 0.717) is 5.92 Å². The summed E-state index contributed by atoms with van der Waals surface area (Å²) in [5.41, 5.74) is 0. The molecule has 2 nitrogen and oxygen atoms in total. The molecule has 1 heterocycles. The van der Waals surface area contributed by atoms with Gasteiger partial charge in [-0.1, -0.05) is 6.42 Å². The van der Waals surface area contributed by atoms with Crippen molar-refractivity contribution in [1.29, 1.82) is 5.41 Å². The van der Waals surface area contributed by atoms with Crippen LogP contribution in [0.1, 0.15) is 25.7 Å². The first-order valence-electron chi connectivity index (χ1n) is 4.20. The van der Waals surface area contributed by atoms with Crippen molar-refractivity contribution in [3.05, 3.63) is 0 Å². The van der Waals surface area contributed by atoms with Crippen LogP contribution in [-0.2, 0) is 0 Å². The molecular formula is C8H15ClN2. The number of hydrogen-bond donors (Lipinski definition) is 2. The van der Waals surface area contributed by atoms with Gasteiger partial charge in [-0.2, -0.15) is 0 Å². The fourth-order valence-corrected chi connectivity index (χ4v) is 2.29. The zero-order valence-corrected chi connectivity index (χ0v) is 7.41. The van der Waals surface area contributed by atoms with Crippen LogP contribution in [0.3, 0.4) is 0 Å². The van der Waals surface area contributed by atoms with Gasteiger partial charge in [0.25, 0.3) is 0 Å². The summed E-state index contributed by atoms with van der Waals surface area (Å²) in [6.07, 6.45) is 5.28. The molecule has 64 valence electrons. The zero-order valence-electron chi connectivity index (χ0n) is 6.60. The van der Waals surface area contributed by atoms with Crippen LogP contribution in [0, 0.1) is 17.2 Å². The second-order valence-corrected chi connectivity index (χ2v) is 3.43. The number of amidine groups is 1. The van der Waals surface area contributed by atoms with E-state index in [9.17, 15) is 0 Å². The highest BCUT2D eigenvalue weighted by Crippen LogP contribution is 2.35. The number of fused-ring (bicyclic) bond motifs is 1. The average molecular weight is 175 g/mol. The first kappa shape index (κ1) is 8.85. The molecule has 0 radical (unpaired) electrons. The van der Waals surface area contributed by atoms with Crippen molar-refractivity contribution in [2.75, 3.05) is 6.54 Å². The standard InChI is InChI=1S/C8H14N2.ClH/c9-8-7-3-1-2-6(7)4-5-10-8;/h6-7H,1-5H2,(H2,9,10);1H. The molecule has 1 saturated carbocycles. The normalized spacial score (nSPS) is 35.5. The van der Waals surface area contributed by atoms with Gasteiger partial charge < -0.3 is 5.32 Å². The van der Waals surface area contributed by atoms with Gasteiger partial charge in [-0.3, -0.25) is 5.41 Å². The predicted octanol–water partition coefficient (Wildman–Crippen LogP) is 1.80. The van der Waals surface area contributed by atoms with Gasteiger partial charge >= 0.3 is 0 Å². The predicted molar refractivity (Wildman–Crippen MR) is 48.4 cm³/mol. The van der Waals surface area contributed by atoms with Gasteiger partial charge in [0.1, 0.15) is 0 Å². The fraction of sp³-hybridized carbons (Fsp3) is 0.875. The van der Waals surface area contributed by atoms with Crippen molar-refractivity contribution in [3.63, 3.8) is 0 Å². The van der Waals surface area contributed by atoms with Gasteiger partial charge in [-0.05, 0) is 25.2 Å². The van der Waals surface area contributed by atoms with Crippen LogP contribution in [0.15, 0.2) is 0 Å². The van der Waals surface area contributed by atoms with Gasteiger partial charge in [0.2, 0.25) is 0 Å². The van der Waals surface area contributed by atoms with Crippen LogP contribution in [-0.4, -0.2) is 12.4 Å². The van der Waals surface area contributed by atoms with Crippen molar-refractivity contribution < 1.29 is 0 Å². The highest BCUT2D eigenvalue weighted by molar-refractivity contribution is 5.85. The lowest BCUT2D eigenvalue weighted by atomic mass is 9.89. The summed E-state index contributed by atoms with van der Waals surface area (Å²) in [4.78, 5) is 0. The molecule has 0 aromatic rings. The van der Waals surface area contributed by atoms with Crippen LogP contribution in [0.25, 0.3) is 0 Å². The highest BCUT2D eigenvalue weighted by atomic mass is 35.5. The fourth-order valence-electron chi connectivity index (χ4n) is 2.29. The van der Waals surface area contributed by atoms with Crippen molar-refractivity contribution in [1.82, 2.24) is 5.32 Å². The molecule has 2 aliphatic rings. The monoisotopic (exact) mass is 174 g/mol. The lowest BCUT2D eigenvalue weighted by Gasteiger charge is -2.27. The molecule has 1 saturated heterocycles. The number of piperidine rings is 1. The molecule has 0 spiro atoms. The molecule has 0 aromatic carbocycles. The van der Waals surface area contributed by atoms with E-state index in [4.69, 9.17) is 5.41 Å². The minimum absolute atomic E-state index is 0. The topological polar surface area (TPSA) is 35.9 Å². The maximum Gasteiger partial charge on any atom is 0.0966 e. The van der Waals surface area contributed by atoms with Crippen LogP contribution >= 0.6 is 12.4 Å². The maximum absolute atomic E-state index is 7.61. The Bertz CT molecular complexity index is 158. The van der Waals surface area contributed by atoms with Crippen molar-refractivity contribution in [2.24, 2.45) is 11.8 Å². The Morgan fingerprint density at radius 1 is 1.27 bits per heavy atom. The first-order valence-corrected chi connectivity index (χ1v) is 4.20. The lowest BCUT2D eigenvalue weighted by Crippen LogP contribution is -2.39. The summed E-state index contributed by atoms with van der Waals surface area (Å²) in [6.45, 7) is 1.04. The number of rotatable bonds is 0. The van der Waals surface area contributed by atoms with E-state index in [1.54, 1.807) is 0 Å². The molecule has 2 N–H and O–H groups in total. The third-order valence-electron chi connectivity index (χ3n) is 2.86. The Kier molecular flexibility index (Phi) is 2.77. The summed E-state index contributed by atoms with van der Waals surface area (Å²) >= 11 is 0. The number of halogens is 1. The van der Waals surface area contributed by atoms with E-state index in [-0.39, 0.29) is 12.4 Å². The van der Waals surface area contributed by atoms with E-state index in [1.807, 2.05) is 0 Å². The van der Waals surface area contributed by atoms with Crippen molar-refractivity contribution >= 4 is 18.2 Å². The van der Waals surface area contributed by atoms with Crippen LogP contribution in [0.5, 0.6) is 0 Å². The Labute approximate surface area is 73.7 Å². The molecule has 11 heavy (non-hydrogen) atoms. The lowest BCUT2D eigenvalue weighted by molar-refractivity contribution is 0.403. The molecule has 3 heteroatoms. The summed E-state index contributed by atoms with van der Waals surface area (Å²) < 4.78 is 0. The molecule has 2 unspecified atom stereocenters. The molecule has 1 aliphatic heterocycles. The Morgan fingerprint density at radius 3 is 2.82 bits per heavy atom. The molecule has 0 amide bonds. The summed E-state index contributed by atoms with van der Waals surface area (Å²) in [5.74, 6) is 2.27. The smallest absolute Gasteiger partial charge is 0.0966 e. The minimum Gasteiger partial charge on any atom is -0.374 e. The van der Waals surface area contributed by atoms with Gasteiger partial charge in [0, 0.05) is 12.5 Å². The first-order chi connectivity index (χ1) is 4.88. The molecule has 0 bridgehead atoms. The van der Waals surface area contributed by atoms with Crippen LogP contribution in [0.2, 0.25) is 0 Å². The Hall–Kier alpha value is -0.240. The molecule has 1 aliphatic carbocycles. The molecule has 0 aromatic heterocycles. The van der Waals surface area contributed by atoms with Gasteiger partial charge in [-0.25, -0.2) is 0 Å². The highest BCUT2D eigenvalue weighted by Gasteiger charge is 2.32. The summed E-state index contributed by atoms with van der Waals surface area (Å²) in [5, 5.41) is 10.7. The zero-order chi connectivity index (χ0) is 6.97. The summed E-state index contributed by atoms with van der Waals surface area (Å²) in [6, 6.07) is 0. The largest absolute Gasteiger partial charge is 0.374 e. The van der Waals surface area contributed by atoms with E-state index in [0.717, 1.165) is 18.3 Å². The van der Waals surface area contributed by atoms with E-state index < -0.39 is 0 Å². The van der Waals surface area contributed by atoms with Gasteiger partial charge in [0.05, 0.1) is 5.84 Å². The minimum atomic E-state index is 0. The van der Waals surface area contributed by atoms with Gasteiger partial charge in [-0.15, -0.1) is 12.4 Å². The SMILES string of the molecule is Cl.N=C1NCCC2CCCC12. The van der Waals surface area contributed by atoms with Crippen molar-refractivity contribution in [3.8, 4) is 0 Å². The quantitative estimate of drug-likeness (QED) is 0.577. The Balaban J connectivity index is 0.000000605. The Morgan fingerprint density at radius 2 is 2.09 bits per heavy atom. The van der Waals surface area contributed by atoms with Crippen LogP contribution < -0.4 is 5.32 Å². The van der Waals surface area contributed by atoms with E-state index >= 15 is 0 Å². The third-order valence-corrected chi connectivity index (χ3v) is 2.86. The third kappa shape index (κ3) is 1.51. The molecule has 2 atom stereocenters. The second-order valence-electron chi connectivity index (χ2n) is 3.43. The summed E-state index contributed by atoms with van der Waals surface area (Å²) in [7, 11) is 0.